The van der Waals surface area contributed by atoms with E-state index < -0.39 is 0 Å². The number of hydrogen-bond acceptors (Lipinski definition) is 0. The number of unbranched alkanes of at least 4 members (excludes halogenated alkanes) is 1. The molecule has 0 aliphatic heterocycles. The van der Waals surface area contributed by atoms with Crippen molar-refractivity contribution in [3.05, 3.63) is 6.92 Å². The molecule has 0 unspecified atom stereocenters. The maximum absolute atomic E-state index is 3.60. The van der Waals surface area contributed by atoms with Gasteiger partial charge in [0.1, 0.15) is 0 Å². The third kappa shape index (κ3) is 22.8. The Labute approximate surface area is 53.7 Å². The smallest absolute Gasteiger partial charge is 0 e. The Balaban J connectivity index is -0.0000000450. The summed E-state index contributed by atoms with van der Waals surface area (Å²) in [5.41, 5.74) is 0. The molecule has 0 aromatic rings. The van der Waals surface area contributed by atoms with Crippen molar-refractivity contribution in [2.24, 2.45) is 0 Å². The zero-order valence-corrected chi connectivity index (χ0v) is 6.96. The molecule has 0 bridgehead atoms. The van der Waals surface area contributed by atoms with Crippen LogP contribution in [0.1, 0.15) is 19.8 Å². The van der Waals surface area contributed by atoms with Crippen LogP contribution in [0.15, 0.2) is 0 Å². The van der Waals surface area contributed by atoms with Gasteiger partial charge in [-0.05, 0) is 0 Å². The largest absolute Gasteiger partial charge is 0.412 e. The minimum absolute atomic E-state index is 0. The fourth-order valence-electron chi connectivity index (χ4n) is 0. The molecule has 2 N–H and O–H groups in total. The van der Waals surface area contributed by atoms with E-state index in [1.165, 1.54) is 6.42 Å². The van der Waals surface area contributed by atoms with Crippen molar-refractivity contribution < 1.29 is 26.5 Å². The average Bonchev–Trinajstić information content (AvgIpc) is 1.37. The maximum atomic E-state index is 3.60. The van der Waals surface area contributed by atoms with Gasteiger partial charge in [-0.3, -0.25) is 0 Å². The van der Waals surface area contributed by atoms with Crippen molar-refractivity contribution in [1.82, 2.24) is 0 Å². The van der Waals surface area contributed by atoms with E-state index in [2.05, 4.69) is 13.8 Å². The molecule has 0 heterocycles. The van der Waals surface area contributed by atoms with E-state index in [9.17, 15) is 0 Å². The Morgan fingerprint density at radius 3 is 1.67 bits per heavy atom. The summed E-state index contributed by atoms with van der Waals surface area (Å²) in [5.74, 6) is 0. The van der Waals surface area contributed by atoms with Crippen LogP contribution >= 0.6 is 0 Å². The summed E-state index contributed by atoms with van der Waals surface area (Å²) < 4.78 is 0. The van der Waals surface area contributed by atoms with Gasteiger partial charge in [0.15, 0.2) is 0 Å². The summed E-state index contributed by atoms with van der Waals surface area (Å²) in [7, 11) is 0. The van der Waals surface area contributed by atoms with Crippen LogP contribution in [0.25, 0.3) is 0 Å². The summed E-state index contributed by atoms with van der Waals surface area (Å²) >= 11 is 0. The standard InChI is InChI=1S/C4H9.H2O.W/c1-3-4-2;;/h1,3-4H2,2H3;1H2;/q-1;;. The molecule has 0 spiro atoms. The molecule has 2 heteroatoms. The maximum Gasteiger partial charge on any atom is 0 e. The van der Waals surface area contributed by atoms with E-state index in [-0.39, 0.29) is 26.5 Å². The van der Waals surface area contributed by atoms with E-state index >= 15 is 0 Å². The summed E-state index contributed by atoms with van der Waals surface area (Å²) in [6.07, 6.45) is 2.28. The van der Waals surface area contributed by atoms with Gasteiger partial charge in [0, 0.05) is 21.1 Å². The van der Waals surface area contributed by atoms with Gasteiger partial charge in [-0.15, -0.1) is 0 Å². The normalized spacial score (nSPS) is 5.00. The Bertz CT molecular complexity index is 9.51. The van der Waals surface area contributed by atoms with Crippen molar-refractivity contribution in [2.75, 3.05) is 0 Å². The molecule has 0 aliphatic rings. The summed E-state index contributed by atoms with van der Waals surface area (Å²) in [6.45, 7) is 5.72. The second-order valence-corrected chi connectivity index (χ2v) is 0.854. The zero-order chi connectivity index (χ0) is 3.41. The van der Waals surface area contributed by atoms with Gasteiger partial charge >= 0.3 is 0 Å². The average molecular weight is 259 g/mol. The zero-order valence-electron chi connectivity index (χ0n) is 4.03. The molecule has 6 heavy (non-hydrogen) atoms. The molecule has 0 saturated carbocycles. The molecule has 0 fully saturated rings. The van der Waals surface area contributed by atoms with Gasteiger partial charge in [0.25, 0.3) is 0 Å². The molecule has 0 rings (SSSR count). The van der Waals surface area contributed by atoms with Crippen molar-refractivity contribution >= 4 is 0 Å². The molecule has 0 radical (unpaired) electrons. The van der Waals surface area contributed by atoms with E-state index in [1.54, 1.807) is 0 Å². The summed E-state index contributed by atoms with van der Waals surface area (Å²) in [4.78, 5) is 0. The molecule has 0 amide bonds. The Morgan fingerprint density at radius 1 is 1.50 bits per heavy atom. The fourth-order valence-corrected chi connectivity index (χ4v) is 0. The second kappa shape index (κ2) is 17.4. The summed E-state index contributed by atoms with van der Waals surface area (Å²) in [5, 5.41) is 0. The van der Waals surface area contributed by atoms with Crippen LogP contribution in [-0.2, 0) is 21.1 Å². The van der Waals surface area contributed by atoms with Gasteiger partial charge in [0.2, 0.25) is 0 Å². The van der Waals surface area contributed by atoms with Gasteiger partial charge in [-0.2, -0.15) is 6.42 Å². The van der Waals surface area contributed by atoms with Crippen LogP contribution in [0.3, 0.4) is 0 Å². The molecular weight excluding hydrogens is 248 g/mol. The minimum atomic E-state index is 0. The van der Waals surface area contributed by atoms with Crippen molar-refractivity contribution in [3.8, 4) is 0 Å². The van der Waals surface area contributed by atoms with Crippen LogP contribution in [0.5, 0.6) is 0 Å². The third-order valence-corrected chi connectivity index (χ3v) is 0.354. The first kappa shape index (κ1) is 15.9. The third-order valence-electron chi connectivity index (χ3n) is 0.354. The molecular formula is C4H11OW-. The minimum Gasteiger partial charge on any atom is -0.412 e. The van der Waals surface area contributed by atoms with Gasteiger partial charge in [0.05, 0.1) is 0 Å². The predicted octanol–water partition coefficient (Wildman–Crippen LogP) is 0.793. The monoisotopic (exact) mass is 259 g/mol. The topological polar surface area (TPSA) is 31.5 Å². The first-order valence-electron chi connectivity index (χ1n) is 1.71. The van der Waals surface area contributed by atoms with E-state index in [0.29, 0.717) is 0 Å². The molecule has 0 atom stereocenters. The van der Waals surface area contributed by atoms with Crippen LogP contribution < -0.4 is 0 Å². The quantitative estimate of drug-likeness (QED) is 0.623. The fraction of sp³-hybridized carbons (Fsp3) is 0.750. The van der Waals surface area contributed by atoms with Crippen molar-refractivity contribution in [3.63, 3.8) is 0 Å². The van der Waals surface area contributed by atoms with Crippen LogP contribution in [0.2, 0.25) is 0 Å². The molecule has 0 aromatic carbocycles. The number of rotatable bonds is 1. The van der Waals surface area contributed by atoms with Crippen LogP contribution in [-0.4, -0.2) is 5.48 Å². The Kier molecular flexibility index (Phi) is 46.2. The van der Waals surface area contributed by atoms with E-state index in [4.69, 9.17) is 0 Å². The molecule has 1 nitrogen and oxygen atoms in total. The van der Waals surface area contributed by atoms with E-state index in [1.807, 2.05) is 0 Å². The molecule has 0 aliphatic carbocycles. The van der Waals surface area contributed by atoms with Crippen LogP contribution in [0, 0.1) is 6.92 Å². The Hall–Kier alpha value is 0.648. The van der Waals surface area contributed by atoms with Crippen molar-refractivity contribution in [2.45, 2.75) is 19.8 Å². The molecule has 0 aromatic heterocycles. The second-order valence-electron chi connectivity index (χ2n) is 0.854. The van der Waals surface area contributed by atoms with E-state index in [0.717, 1.165) is 6.42 Å². The van der Waals surface area contributed by atoms with Gasteiger partial charge in [-0.1, -0.05) is 13.3 Å². The van der Waals surface area contributed by atoms with Crippen molar-refractivity contribution in [1.29, 1.82) is 0 Å². The molecule has 0 saturated heterocycles. The first-order chi connectivity index (χ1) is 1.91. The Morgan fingerprint density at radius 2 is 1.67 bits per heavy atom. The van der Waals surface area contributed by atoms with Gasteiger partial charge in [-0.25, -0.2) is 0 Å². The summed E-state index contributed by atoms with van der Waals surface area (Å²) in [6, 6.07) is 0. The SMILES string of the molecule is O.[CH2-]CCC.[W]. The van der Waals surface area contributed by atoms with Gasteiger partial charge < -0.3 is 12.4 Å². The van der Waals surface area contributed by atoms with Crippen LogP contribution in [0.4, 0.5) is 0 Å². The molecule has 40 valence electrons. The number of hydrogen-bond donors (Lipinski definition) is 0. The first-order valence-corrected chi connectivity index (χ1v) is 1.71. The predicted molar refractivity (Wildman–Crippen MR) is 23.9 cm³/mol.